The number of likely N-dealkylation sites (N-methyl/N-ethyl adjacent to an activating group) is 2. The lowest BCUT2D eigenvalue weighted by molar-refractivity contribution is 0.415. The molecule has 0 spiro atoms. The summed E-state index contributed by atoms with van der Waals surface area (Å²) in [4.78, 5) is 13.4. The van der Waals surface area contributed by atoms with E-state index in [1.807, 2.05) is 32.2 Å². The van der Waals surface area contributed by atoms with Gasteiger partial charge < -0.3 is 9.80 Å². The van der Waals surface area contributed by atoms with Gasteiger partial charge in [-0.15, -0.1) is 0 Å². The van der Waals surface area contributed by atoms with E-state index in [2.05, 4.69) is 39.9 Å². The van der Waals surface area contributed by atoms with Gasteiger partial charge in [0.2, 0.25) is 5.95 Å². The van der Waals surface area contributed by atoms with Crippen LogP contribution in [0.5, 0.6) is 0 Å². The highest BCUT2D eigenvalue weighted by atomic mass is 15.2. The van der Waals surface area contributed by atoms with Crippen LogP contribution in [-0.4, -0.2) is 49.1 Å². The highest BCUT2D eigenvalue weighted by Crippen LogP contribution is 2.17. The summed E-state index contributed by atoms with van der Waals surface area (Å²) < 4.78 is 0. The molecule has 0 saturated carbocycles. The molecule has 2 rings (SSSR count). The van der Waals surface area contributed by atoms with Gasteiger partial charge >= 0.3 is 0 Å². The lowest BCUT2D eigenvalue weighted by atomic mass is 10.2. The Hall–Kier alpha value is -1.68. The first-order valence-electron chi connectivity index (χ1n) is 6.17. The monoisotopic (exact) mass is 244 g/mol. The fourth-order valence-electron chi connectivity index (χ4n) is 1.84. The van der Waals surface area contributed by atoms with E-state index < -0.39 is 0 Å². The highest BCUT2D eigenvalue weighted by Gasteiger charge is 2.08. The number of para-hydroxylation sites is 1. The van der Waals surface area contributed by atoms with Gasteiger partial charge in [-0.1, -0.05) is 18.2 Å². The van der Waals surface area contributed by atoms with Crippen molar-refractivity contribution < 1.29 is 0 Å². The lowest BCUT2D eigenvalue weighted by Gasteiger charge is -2.20. The third kappa shape index (κ3) is 2.76. The molecule has 1 aromatic carbocycles. The molecule has 0 unspecified atom stereocenters. The third-order valence-electron chi connectivity index (χ3n) is 3.01. The Kier molecular flexibility index (Phi) is 3.77. The zero-order valence-corrected chi connectivity index (χ0v) is 11.5. The summed E-state index contributed by atoms with van der Waals surface area (Å²) in [5.41, 5.74) is 2.05. The quantitative estimate of drug-likeness (QED) is 0.822. The Morgan fingerprint density at radius 2 is 1.72 bits per heavy atom. The molecule has 0 bridgehead atoms. The number of nitrogens with zero attached hydrogens (tertiary/aromatic N) is 4. The lowest BCUT2D eigenvalue weighted by Crippen LogP contribution is -2.29. The van der Waals surface area contributed by atoms with Crippen molar-refractivity contribution in [1.29, 1.82) is 0 Å². The van der Waals surface area contributed by atoms with Crippen molar-refractivity contribution in [2.24, 2.45) is 0 Å². The number of anilines is 1. The zero-order chi connectivity index (χ0) is 13.1. The van der Waals surface area contributed by atoms with Gasteiger partial charge in [-0.05, 0) is 27.1 Å². The minimum atomic E-state index is 0.799. The topological polar surface area (TPSA) is 32.3 Å². The average Bonchev–Trinajstić information content (AvgIpc) is 2.36. The second-order valence-electron chi connectivity index (χ2n) is 4.85. The summed E-state index contributed by atoms with van der Waals surface area (Å²) in [7, 11) is 6.17. The van der Waals surface area contributed by atoms with E-state index in [-0.39, 0.29) is 0 Å². The molecule has 18 heavy (non-hydrogen) atoms. The van der Waals surface area contributed by atoms with E-state index in [1.54, 1.807) is 0 Å². The van der Waals surface area contributed by atoms with E-state index >= 15 is 0 Å². The molecule has 0 atom stereocenters. The van der Waals surface area contributed by atoms with Gasteiger partial charge in [0.15, 0.2) is 0 Å². The van der Waals surface area contributed by atoms with Gasteiger partial charge in [-0.25, -0.2) is 9.97 Å². The van der Waals surface area contributed by atoms with E-state index in [0.29, 0.717) is 0 Å². The Balaban J connectivity index is 2.28. The maximum Gasteiger partial charge on any atom is 0.225 e. The Morgan fingerprint density at radius 3 is 2.44 bits per heavy atom. The summed E-state index contributed by atoms with van der Waals surface area (Å²) in [6, 6.07) is 8.13. The highest BCUT2D eigenvalue weighted by molar-refractivity contribution is 5.81. The maximum absolute atomic E-state index is 4.61. The van der Waals surface area contributed by atoms with Crippen LogP contribution in [0.4, 0.5) is 5.95 Å². The normalized spacial score (nSPS) is 11.2. The molecular formula is C14H20N4. The summed E-state index contributed by atoms with van der Waals surface area (Å²) in [6.45, 7) is 3.95. The maximum atomic E-state index is 4.61. The molecule has 0 fully saturated rings. The van der Waals surface area contributed by atoms with Gasteiger partial charge in [0.1, 0.15) is 0 Å². The average molecular weight is 244 g/mol. The molecule has 0 aliphatic carbocycles. The van der Waals surface area contributed by atoms with E-state index in [9.17, 15) is 0 Å². The van der Waals surface area contributed by atoms with Crippen molar-refractivity contribution in [3.05, 3.63) is 30.0 Å². The number of aryl methyl sites for hydroxylation is 1. The van der Waals surface area contributed by atoms with Crippen molar-refractivity contribution in [1.82, 2.24) is 14.9 Å². The molecule has 4 heteroatoms. The molecule has 0 saturated heterocycles. The molecule has 0 N–H and O–H groups in total. The van der Waals surface area contributed by atoms with Gasteiger partial charge in [0.05, 0.1) is 11.2 Å². The number of aromatic nitrogens is 2. The summed E-state index contributed by atoms with van der Waals surface area (Å²) >= 11 is 0. The third-order valence-corrected chi connectivity index (χ3v) is 3.01. The van der Waals surface area contributed by atoms with Crippen molar-refractivity contribution in [2.75, 3.05) is 39.1 Å². The molecule has 0 amide bonds. The second-order valence-corrected chi connectivity index (χ2v) is 4.85. The van der Waals surface area contributed by atoms with Gasteiger partial charge in [0, 0.05) is 25.5 Å². The van der Waals surface area contributed by atoms with Crippen LogP contribution < -0.4 is 4.90 Å². The number of hydrogen-bond acceptors (Lipinski definition) is 4. The summed E-state index contributed by atoms with van der Waals surface area (Å²) in [5, 5.41) is 1.13. The molecular weight excluding hydrogens is 224 g/mol. The first-order valence-corrected chi connectivity index (χ1v) is 6.17. The largest absolute Gasteiger partial charge is 0.343 e. The van der Waals surface area contributed by atoms with Crippen LogP contribution in [0, 0.1) is 6.92 Å². The Labute approximate surface area is 108 Å². The zero-order valence-electron chi connectivity index (χ0n) is 11.5. The first-order chi connectivity index (χ1) is 8.58. The molecule has 4 nitrogen and oxygen atoms in total. The van der Waals surface area contributed by atoms with E-state index in [4.69, 9.17) is 0 Å². The van der Waals surface area contributed by atoms with Gasteiger partial charge in [-0.3, -0.25) is 0 Å². The predicted molar refractivity (Wildman–Crippen MR) is 76.1 cm³/mol. The van der Waals surface area contributed by atoms with Crippen molar-refractivity contribution in [2.45, 2.75) is 6.92 Å². The van der Waals surface area contributed by atoms with Crippen LogP contribution in [0.3, 0.4) is 0 Å². The molecule has 0 aliphatic heterocycles. The fraction of sp³-hybridized carbons (Fsp3) is 0.429. The minimum absolute atomic E-state index is 0.799. The molecule has 0 radical (unpaired) electrons. The van der Waals surface area contributed by atoms with Crippen LogP contribution in [0.15, 0.2) is 24.3 Å². The summed E-state index contributed by atoms with van der Waals surface area (Å²) in [5.74, 6) is 0.799. The predicted octanol–water partition coefficient (Wildman–Crippen LogP) is 1.94. The van der Waals surface area contributed by atoms with Crippen LogP contribution >= 0.6 is 0 Å². The number of rotatable bonds is 4. The van der Waals surface area contributed by atoms with E-state index in [1.165, 1.54) is 0 Å². The standard InChI is InChI=1S/C14H20N4/c1-11-12-7-5-6-8-13(12)16-14(15-11)18(4)10-9-17(2)3/h5-8H,9-10H2,1-4H3. The molecule has 0 aliphatic rings. The molecule has 1 heterocycles. The number of benzene rings is 1. The van der Waals surface area contributed by atoms with Crippen LogP contribution in [-0.2, 0) is 0 Å². The van der Waals surface area contributed by atoms with E-state index in [0.717, 1.165) is 35.6 Å². The fourth-order valence-corrected chi connectivity index (χ4v) is 1.84. The molecule has 1 aromatic heterocycles. The molecule has 2 aromatic rings. The van der Waals surface area contributed by atoms with Crippen LogP contribution in [0.25, 0.3) is 10.9 Å². The van der Waals surface area contributed by atoms with Crippen molar-refractivity contribution >= 4 is 16.9 Å². The van der Waals surface area contributed by atoms with Crippen molar-refractivity contribution in [3.63, 3.8) is 0 Å². The second kappa shape index (κ2) is 5.31. The summed E-state index contributed by atoms with van der Waals surface area (Å²) in [6.07, 6.45) is 0. The van der Waals surface area contributed by atoms with Gasteiger partial charge in [0.25, 0.3) is 0 Å². The Bertz CT molecular complexity index is 536. The van der Waals surface area contributed by atoms with Crippen LogP contribution in [0.1, 0.15) is 5.69 Å². The first kappa shape index (κ1) is 12.8. The number of fused-ring (bicyclic) bond motifs is 1. The SMILES string of the molecule is Cc1nc(N(C)CCN(C)C)nc2ccccc12. The minimum Gasteiger partial charge on any atom is -0.343 e. The van der Waals surface area contributed by atoms with Crippen molar-refractivity contribution in [3.8, 4) is 0 Å². The van der Waals surface area contributed by atoms with Crippen LogP contribution in [0.2, 0.25) is 0 Å². The Morgan fingerprint density at radius 1 is 1.00 bits per heavy atom. The number of hydrogen-bond donors (Lipinski definition) is 0. The smallest absolute Gasteiger partial charge is 0.225 e. The molecule has 96 valence electrons. The van der Waals surface area contributed by atoms with Gasteiger partial charge in [-0.2, -0.15) is 0 Å².